The van der Waals surface area contributed by atoms with Crippen molar-refractivity contribution >= 4 is 29.9 Å². The molecular formula is C17H37IN4O3. The van der Waals surface area contributed by atoms with Gasteiger partial charge < -0.3 is 25.2 Å². The summed E-state index contributed by atoms with van der Waals surface area (Å²) >= 11 is 0. The Balaban J connectivity index is 0.00000576. The highest BCUT2D eigenvalue weighted by atomic mass is 127. The fourth-order valence-electron chi connectivity index (χ4n) is 2.56. The fourth-order valence-corrected chi connectivity index (χ4v) is 2.56. The highest BCUT2D eigenvalue weighted by Gasteiger charge is 2.25. The van der Waals surface area contributed by atoms with Crippen LogP contribution in [0.5, 0.6) is 0 Å². The fraction of sp³-hybridized carbons (Fsp3) is 0.941. The number of hydrogen-bond donors (Lipinski definition) is 3. The van der Waals surface area contributed by atoms with Crippen LogP contribution in [0.4, 0.5) is 0 Å². The van der Waals surface area contributed by atoms with Crippen LogP contribution >= 0.6 is 24.0 Å². The number of guanidine groups is 1. The second-order valence-corrected chi connectivity index (χ2v) is 6.41. The van der Waals surface area contributed by atoms with E-state index in [1.54, 1.807) is 0 Å². The number of nitrogens with one attached hydrogen (secondary N) is 2. The van der Waals surface area contributed by atoms with E-state index in [0.29, 0.717) is 13.1 Å². The van der Waals surface area contributed by atoms with E-state index in [4.69, 9.17) is 9.47 Å². The molecule has 0 radical (unpaired) electrons. The highest BCUT2D eigenvalue weighted by molar-refractivity contribution is 14.0. The Bertz CT molecular complexity index is 351. The van der Waals surface area contributed by atoms with Crippen molar-refractivity contribution in [3.63, 3.8) is 0 Å². The molecule has 0 aromatic carbocycles. The first-order valence-corrected chi connectivity index (χ1v) is 9.20. The van der Waals surface area contributed by atoms with Crippen molar-refractivity contribution < 1.29 is 14.6 Å². The van der Waals surface area contributed by atoms with Gasteiger partial charge in [0.05, 0.1) is 25.4 Å². The van der Waals surface area contributed by atoms with Crippen molar-refractivity contribution in [1.82, 2.24) is 15.5 Å². The number of ether oxygens (including phenoxy) is 2. The van der Waals surface area contributed by atoms with Crippen LogP contribution in [0.3, 0.4) is 0 Å². The minimum absolute atomic E-state index is 0. The van der Waals surface area contributed by atoms with E-state index in [1.807, 2.05) is 20.8 Å². The molecule has 7 nitrogen and oxygen atoms in total. The van der Waals surface area contributed by atoms with Crippen LogP contribution in [-0.4, -0.2) is 87.3 Å². The third-order valence-electron chi connectivity index (χ3n) is 3.80. The van der Waals surface area contributed by atoms with Gasteiger partial charge in [0.15, 0.2) is 5.96 Å². The third-order valence-corrected chi connectivity index (χ3v) is 3.80. The first-order chi connectivity index (χ1) is 11.6. The lowest BCUT2D eigenvalue weighted by molar-refractivity contribution is -0.0179. The Morgan fingerprint density at radius 3 is 2.60 bits per heavy atom. The Hall–Kier alpha value is -0.160. The molecule has 0 spiro atoms. The quantitative estimate of drug-likeness (QED) is 0.181. The van der Waals surface area contributed by atoms with Crippen molar-refractivity contribution in [2.24, 2.45) is 4.99 Å². The third kappa shape index (κ3) is 12.8. The Labute approximate surface area is 169 Å². The van der Waals surface area contributed by atoms with Crippen LogP contribution in [0.2, 0.25) is 0 Å². The van der Waals surface area contributed by atoms with Crippen LogP contribution < -0.4 is 10.6 Å². The van der Waals surface area contributed by atoms with E-state index in [0.717, 1.165) is 71.4 Å². The van der Waals surface area contributed by atoms with Gasteiger partial charge in [-0.1, -0.05) is 0 Å². The molecule has 3 N–H and O–H groups in total. The molecule has 1 aliphatic heterocycles. The molecule has 0 saturated carbocycles. The number of nitrogens with zero attached hydrogens (tertiary/aromatic N) is 2. The summed E-state index contributed by atoms with van der Waals surface area (Å²) in [6, 6.07) is 0. The average Bonchev–Trinajstić information content (AvgIpc) is 2.56. The zero-order valence-corrected chi connectivity index (χ0v) is 18.4. The van der Waals surface area contributed by atoms with Crippen molar-refractivity contribution in [2.45, 2.75) is 39.2 Å². The molecule has 1 unspecified atom stereocenters. The van der Waals surface area contributed by atoms with Crippen LogP contribution in [0, 0.1) is 0 Å². The normalized spacial score (nSPS) is 18.3. The standard InChI is InChI=1S/C17H36N4O3.HI/c1-4-18-16(19-8-6-7-11-23-5-2)20-14-17(3,22)15-21-9-12-24-13-10-21;/h22H,4-15H2,1-3H3,(H2,18,19,20);1H. The number of halogens is 1. The maximum atomic E-state index is 10.6. The van der Waals surface area contributed by atoms with E-state index < -0.39 is 5.60 Å². The lowest BCUT2D eigenvalue weighted by Gasteiger charge is -2.33. The van der Waals surface area contributed by atoms with E-state index in [1.165, 1.54) is 0 Å². The number of unbranched alkanes of at least 4 members (excludes halogenated alkanes) is 1. The van der Waals surface area contributed by atoms with Gasteiger partial charge in [0, 0.05) is 45.9 Å². The minimum Gasteiger partial charge on any atom is -0.387 e. The summed E-state index contributed by atoms with van der Waals surface area (Å²) in [7, 11) is 0. The zero-order chi connectivity index (χ0) is 17.7. The molecule has 1 heterocycles. The largest absolute Gasteiger partial charge is 0.387 e. The summed E-state index contributed by atoms with van der Waals surface area (Å²) in [5, 5.41) is 17.1. The Morgan fingerprint density at radius 2 is 1.96 bits per heavy atom. The molecule has 1 fully saturated rings. The number of rotatable bonds is 11. The number of hydrogen-bond acceptors (Lipinski definition) is 5. The molecule has 0 aliphatic carbocycles. The molecule has 1 aliphatic rings. The molecule has 25 heavy (non-hydrogen) atoms. The molecule has 8 heteroatoms. The van der Waals surface area contributed by atoms with Crippen LogP contribution in [-0.2, 0) is 9.47 Å². The van der Waals surface area contributed by atoms with E-state index in [9.17, 15) is 5.11 Å². The first kappa shape index (κ1) is 24.8. The number of aliphatic hydroxyl groups is 1. The number of morpholine rings is 1. The summed E-state index contributed by atoms with van der Waals surface area (Å²) < 4.78 is 10.7. The lowest BCUT2D eigenvalue weighted by Crippen LogP contribution is -2.48. The van der Waals surface area contributed by atoms with Crippen molar-refractivity contribution in [2.75, 3.05) is 65.7 Å². The van der Waals surface area contributed by atoms with Crippen molar-refractivity contribution in [3.8, 4) is 0 Å². The molecule has 0 amide bonds. The molecule has 1 rings (SSSR count). The minimum atomic E-state index is -0.839. The van der Waals surface area contributed by atoms with Gasteiger partial charge in [-0.05, 0) is 33.6 Å². The SMILES string of the molecule is CCNC(=NCC(C)(O)CN1CCOCC1)NCCCCOCC.I. The monoisotopic (exact) mass is 472 g/mol. The van der Waals surface area contributed by atoms with Crippen molar-refractivity contribution in [1.29, 1.82) is 0 Å². The first-order valence-electron chi connectivity index (χ1n) is 9.20. The van der Waals surface area contributed by atoms with Gasteiger partial charge in [-0.2, -0.15) is 0 Å². The Kier molecular flexibility index (Phi) is 14.9. The topological polar surface area (TPSA) is 78.4 Å². The van der Waals surface area contributed by atoms with Crippen LogP contribution in [0.25, 0.3) is 0 Å². The smallest absolute Gasteiger partial charge is 0.191 e. The Morgan fingerprint density at radius 1 is 1.24 bits per heavy atom. The van der Waals surface area contributed by atoms with Crippen LogP contribution in [0.1, 0.15) is 33.6 Å². The highest BCUT2D eigenvalue weighted by Crippen LogP contribution is 2.09. The van der Waals surface area contributed by atoms with Gasteiger partial charge in [0.2, 0.25) is 0 Å². The molecule has 150 valence electrons. The van der Waals surface area contributed by atoms with Gasteiger partial charge in [-0.3, -0.25) is 9.89 Å². The predicted molar refractivity (Wildman–Crippen MR) is 113 cm³/mol. The lowest BCUT2D eigenvalue weighted by atomic mass is 10.1. The summed E-state index contributed by atoms with van der Waals surface area (Å²) in [6.07, 6.45) is 2.07. The second kappa shape index (κ2) is 15.0. The summed E-state index contributed by atoms with van der Waals surface area (Å²) in [5.74, 6) is 0.760. The van der Waals surface area contributed by atoms with E-state index in [2.05, 4.69) is 20.5 Å². The van der Waals surface area contributed by atoms with Gasteiger partial charge in [0.25, 0.3) is 0 Å². The van der Waals surface area contributed by atoms with Gasteiger partial charge >= 0.3 is 0 Å². The summed E-state index contributed by atoms with van der Waals surface area (Å²) in [5.41, 5.74) is -0.839. The van der Waals surface area contributed by atoms with Gasteiger partial charge in [0.1, 0.15) is 0 Å². The van der Waals surface area contributed by atoms with Gasteiger partial charge in [-0.15, -0.1) is 24.0 Å². The zero-order valence-electron chi connectivity index (χ0n) is 16.1. The maximum absolute atomic E-state index is 10.6. The molecule has 0 bridgehead atoms. The number of β-amino-alcohol motifs (C(OH)–C–C–N with tert-alkyl or cyclic N) is 1. The average molecular weight is 472 g/mol. The second-order valence-electron chi connectivity index (χ2n) is 6.41. The molecule has 1 saturated heterocycles. The van der Waals surface area contributed by atoms with Crippen LogP contribution in [0.15, 0.2) is 4.99 Å². The summed E-state index contributed by atoms with van der Waals surface area (Å²) in [6.45, 7) is 13.3. The van der Waals surface area contributed by atoms with E-state index in [-0.39, 0.29) is 24.0 Å². The van der Waals surface area contributed by atoms with Gasteiger partial charge in [-0.25, -0.2) is 0 Å². The predicted octanol–water partition coefficient (Wildman–Crippen LogP) is 1.06. The van der Waals surface area contributed by atoms with Crippen molar-refractivity contribution in [3.05, 3.63) is 0 Å². The molecule has 1 atom stereocenters. The molecule has 0 aromatic heterocycles. The van der Waals surface area contributed by atoms with E-state index >= 15 is 0 Å². The molecule has 0 aromatic rings. The summed E-state index contributed by atoms with van der Waals surface area (Å²) in [4.78, 5) is 6.77. The molecular weight excluding hydrogens is 435 g/mol. The number of aliphatic imine (C=N–C) groups is 1. The maximum Gasteiger partial charge on any atom is 0.191 e.